The molecule has 3 heteroatoms. The molecule has 1 atom stereocenters. The van der Waals surface area contributed by atoms with Gasteiger partial charge in [-0.1, -0.05) is 71.1 Å². The number of nitrogens with two attached hydrogens (primary N) is 1. The summed E-state index contributed by atoms with van der Waals surface area (Å²) in [5, 5.41) is 0. The zero-order valence-electron chi connectivity index (χ0n) is 14.0. The number of primary amides is 1. The van der Waals surface area contributed by atoms with Gasteiger partial charge in [-0.3, -0.25) is 4.79 Å². The lowest BCUT2D eigenvalue weighted by Crippen LogP contribution is -2.32. The molecule has 0 bridgehead atoms. The first-order valence-corrected chi connectivity index (χ1v) is 8.52. The highest BCUT2D eigenvalue weighted by molar-refractivity contribution is 5.74. The smallest absolute Gasteiger partial charge is 0.218 e. The molecule has 20 heavy (non-hydrogen) atoms. The molecule has 0 spiro atoms. The fourth-order valence-electron chi connectivity index (χ4n) is 2.64. The van der Waals surface area contributed by atoms with Crippen LogP contribution in [0.4, 0.5) is 0 Å². The van der Waals surface area contributed by atoms with Crippen molar-refractivity contribution < 1.29 is 4.79 Å². The number of rotatable bonds is 14. The first-order chi connectivity index (χ1) is 9.57. The molecule has 1 amide bonds. The van der Waals surface area contributed by atoms with E-state index in [1.54, 1.807) is 0 Å². The van der Waals surface area contributed by atoms with E-state index in [2.05, 4.69) is 11.8 Å². The lowest BCUT2D eigenvalue weighted by Gasteiger charge is -2.22. The molecule has 0 rings (SSSR count). The predicted octanol–water partition coefficient (Wildman–Crippen LogP) is 4.10. The van der Waals surface area contributed by atoms with Gasteiger partial charge in [0.05, 0.1) is 0 Å². The number of carbonyl (C=O) groups excluding carboxylic acids is 1. The Hall–Kier alpha value is -0.570. The van der Waals surface area contributed by atoms with Gasteiger partial charge in [-0.2, -0.15) is 0 Å². The summed E-state index contributed by atoms with van der Waals surface area (Å²) in [5.74, 6) is -0.184. The van der Waals surface area contributed by atoms with Gasteiger partial charge in [0.25, 0.3) is 0 Å². The van der Waals surface area contributed by atoms with Gasteiger partial charge in [0, 0.05) is 12.5 Å². The number of unbranched alkanes of at least 4 members (excludes halogenated alkanes) is 9. The van der Waals surface area contributed by atoms with Gasteiger partial charge in [0.1, 0.15) is 0 Å². The number of hydrogen-bond donors (Lipinski definition) is 1. The third kappa shape index (κ3) is 12.5. The number of carbonyl (C=O) groups is 1. The van der Waals surface area contributed by atoms with Crippen LogP contribution < -0.4 is 5.73 Å². The molecule has 0 aliphatic heterocycles. The van der Waals surface area contributed by atoms with Crippen LogP contribution in [0.2, 0.25) is 0 Å². The molecule has 1 unspecified atom stereocenters. The van der Waals surface area contributed by atoms with E-state index in [0.717, 1.165) is 6.42 Å². The minimum atomic E-state index is -0.184. The van der Waals surface area contributed by atoms with Crippen LogP contribution in [0.3, 0.4) is 0 Å². The van der Waals surface area contributed by atoms with Gasteiger partial charge in [-0.15, -0.1) is 0 Å². The van der Waals surface area contributed by atoms with Crippen LogP contribution in [0.1, 0.15) is 84.0 Å². The summed E-state index contributed by atoms with van der Waals surface area (Å²) in [6.07, 6.45) is 15.1. The van der Waals surface area contributed by atoms with Gasteiger partial charge in [-0.25, -0.2) is 0 Å². The summed E-state index contributed by atoms with van der Waals surface area (Å²) in [7, 11) is 4.06. The fourth-order valence-corrected chi connectivity index (χ4v) is 2.64. The van der Waals surface area contributed by atoms with Gasteiger partial charge in [0.2, 0.25) is 5.91 Å². The average Bonchev–Trinajstić information content (AvgIpc) is 2.39. The van der Waals surface area contributed by atoms with Crippen molar-refractivity contribution >= 4 is 5.91 Å². The molecular weight excluding hydrogens is 248 g/mol. The molecule has 0 saturated carbocycles. The maximum absolute atomic E-state index is 11.0. The molecule has 0 aromatic heterocycles. The number of nitrogens with zero attached hydrogens (tertiary/aromatic N) is 1. The monoisotopic (exact) mass is 284 g/mol. The van der Waals surface area contributed by atoms with Crippen molar-refractivity contribution in [3.8, 4) is 0 Å². The highest BCUT2D eigenvalue weighted by Gasteiger charge is 2.13. The topological polar surface area (TPSA) is 46.3 Å². The van der Waals surface area contributed by atoms with Crippen LogP contribution in [0.25, 0.3) is 0 Å². The van der Waals surface area contributed by atoms with Crippen molar-refractivity contribution in [2.45, 2.75) is 90.0 Å². The van der Waals surface area contributed by atoms with Gasteiger partial charge in [-0.05, 0) is 20.5 Å². The Morgan fingerprint density at radius 1 is 0.900 bits per heavy atom. The minimum Gasteiger partial charge on any atom is -0.370 e. The molecule has 0 fully saturated rings. The van der Waals surface area contributed by atoms with Crippen molar-refractivity contribution in [1.82, 2.24) is 4.90 Å². The number of hydrogen-bond acceptors (Lipinski definition) is 2. The Labute approximate surface area is 126 Å². The van der Waals surface area contributed by atoms with Crippen LogP contribution in [-0.4, -0.2) is 30.9 Å². The van der Waals surface area contributed by atoms with E-state index in [0.29, 0.717) is 12.5 Å². The first-order valence-electron chi connectivity index (χ1n) is 8.52. The van der Waals surface area contributed by atoms with Gasteiger partial charge >= 0.3 is 0 Å². The Kier molecular flexibility index (Phi) is 13.0. The second kappa shape index (κ2) is 13.4. The number of amides is 1. The quantitative estimate of drug-likeness (QED) is 0.488. The van der Waals surface area contributed by atoms with E-state index in [1.165, 1.54) is 64.2 Å². The zero-order valence-corrected chi connectivity index (χ0v) is 14.0. The molecule has 2 N–H and O–H groups in total. The van der Waals surface area contributed by atoms with Crippen molar-refractivity contribution in [3.63, 3.8) is 0 Å². The summed E-state index contributed by atoms with van der Waals surface area (Å²) >= 11 is 0. The molecule has 0 radical (unpaired) electrons. The van der Waals surface area contributed by atoms with E-state index in [9.17, 15) is 4.79 Å². The summed E-state index contributed by atoms with van der Waals surface area (Å²) in [5.41, 5.74) is 5.29. The lowest BCUT2D eigenvalue weighted by molar-refractivity contribution is -0.119. The Morgan fingerprint density at radius 3 is 1.75 bits per heavy atom. The van der Waals surface area contributed by atoms with E-state index in [4.69, 9.17) is 5.73 Å². The Bertz CT molecular complexity index is 229. The zero-order chi connectivity index (χ0) is 15.2. The third-order valence-corrected chi connectivity index (χ3v) is 4.06. The van der Waals surface area contributed by atoms with Crippen LogP contribution >= 0.6 is 0 Å². The second-order valence-electron chi connectivity index (χ2n) is 6.26. The predicted molar refractivity (Wildman–Crippen MR) is 87.7 cm³/mol. The first kappa shape index (κ1) is 19.4. The Balaban J connectivity index is 3.39. The molecule has 0 heterocycles. The Morgan fingerprint density at radius 2 is 1.35 bits per heavy atom. The maximum Gasteiger partial charge on any atom is 0.218 e. The van der Waals surface area contributed by atoms with Crippen molar-refractivity contribution in [2.75, 3.05) is 14.1 Å². The van der Waals surface area contributed by atoms with Crippen LogP contribution in [0, 0.1) is 0 Å². The standard InChI is InChI=1S/C17H36N2O/c1-4-5-6-7-8-9-10-11-12-13-14-16(19(2)3)15-17(18)20/h16H,4-15H2,1-3H3,(H2,18,20). The van der Waals surface area contributed by atoms with E-state index in [1.807, 2.05) is 14.1 Å². The SMILES string of the molecule is CCCCCCCCCCCCC(CC(N)=O)N(C)C. The fraction of sp³-hybridized carbons (Fsp3) is 0.941. The van der Waals surface area contributed by atoms with Crippen molar-refractivity contribution in [3.05, 3.63) is 0 Å². The van der Waals surface area contributed by atoms with E-state index < -0.39 is 0 Å². The van der Waals surface area contributed by atoms with E-state index in [-0.39, 0.29) is 5.91 Å². The van der Waals surface area contributed by atoms with Crippen molar-refractivity contribution in [1.29, 1.82) is 0 Å². The summed E-state index contributed by atoms with van der Waals surface area (Å²) in [6.45, 7) is 2.26. The molecule has 0 aromatic rings. The molecular formula is C17H36N2O. The average molecular weight is 284 g/mol. The van der Waals surface area contributed by atoms with Crippen LogP contribution in [-0.2, 0) is 4.79 Å². The van der Waals surface area contributed by atoms with Gasteiger partial charge < -0.3 is 10.6 Å². The highest BCUT2D eigenvalue weighted by atomic mass is 16.1. The van der Waals surface area contributed by atoms with Gasteiger partial charge in [0.15, 0.2) is 0 Å². The summed E-state index contributed by atoms with van der Waals surface area (Å²) in [6, 6.07) is 0.321. The maximum atomic E-state index is 11.0. The molecule has 0 aromatic carbocycles. The molecule has 3 nitrogen and oxygen atoms in total. The molecule has 0 aliphatic rings. The minimum absolute atomic E-state index is 0.184. The summed E-state index contributed by atoms with van der Waals surface area (Å²) in [4.78, 5) is 13.1. The lowest BCUT2D eigenvalue weighted by atomic mass is 10.0. The second-order valence-corrected chi connectivity index (χ2v) is 6.26. The third-order valence-electron chi connectivity index (χ3n) is 4.06. The van der Waals surface area contributed by atoms with Crippen molar-refractivity contribution in [2.24, 2.45) is 5.73 Å². The summed E-state index contributed by atoms with van der Waals surface area (Å²) < 4.78 is 0. The molecule has 120 valence electrons. The van der Waals surface area contributed by atoms with Crippen LogP contribution in [0.15, 0.2) is 0 Å². The van der Waals surface area contributed by atoms with Crippen LogP contribution in [0.5, 0.6) is 0 Å². The molecule has 0 aliphatic carbocycles. The molecule has 0 saturated heterocycles. The highest BCUT2D eigenvalue weighted by Crippen LogP contribution is 2.14. The van der Waals surface area contributed by atoms with E-state index >= 15 is 0 Å². The normalized spacial score (nSPS) is 12.8. The largest absolute Gasteiger partial charge is 0.370 e.